The van der Waals surface area contributed by atoms with Crippen molar-refractivity contribution in [2.75, 3.05) is 25.8 Å². The molecule has 0 bridgehead atoms. The summed E-state index contributed by atoms with van der Waals surface area (Å²) >= 11 is 0. The molecule has 32 heavy (non-hydrogen) atoms. The molecule has 0 aliphatic rings. The summed E-state index contributed by atoms with van der Waals surface area (Å²) in [5.41, 5.74) is 0. The summed E-state index contributed by atoms with van der Waals surface area (Å²) in [5.74, 6) is -0.210. The summed E-state index contributed by atoms with van der Waals surface area (Å²) in [7, 11) is -2.14. The number of nitrogens with zero attached hydrogens (tertiary/aromatic N) is 1. The van der Waals surface area contributed by atoms with E-state index in [0.29, 0.717) is 6.54 Å². The zero-order chi connectivity index (χ0) is 22.5. The Bertz CT molecular complexity index is 891. The predicted molar refractivity (Wildman–Crippen MR) is 137 cm³/mol. The number of unbranched alkanes of at least 4 members (excludes halogenated alkanes) is 1. The van der Waals surface area contributed by atoms with Crippen LogP contribution in [0.2, 0.25) is 0 Å². The maximum absolute atomic E-state index is 11.3. The van der Waals surface area contributed by atoms with Crippen LogP contribution in [0.25, 0.3) is 0 Å². The van der Waals surface area contributed by atoms with E-state index in [4.69, 9.17) is 5.26 Å². The standard InChI is InChI=1S/C27H32N3OP/c28-19-18-27(31)30-22-21-29-20-10-11-23-32(24-12-4-1-5-13-24,25-14-6-2-7-15-25)26-16-8-3-9-17-26/h1-9,12-17,29,32H,10-11,18,20-23H2,(H,30,31). The van der Waals surface area contributed by atoms with Gasteiger partial charge in [-0.3, -0.25) is 0 Å². The van der Waals surface area contributed by atoms with Crippen molar-refractivity contribution in [2.45, 2.75) is 19.3 Å². The van der Waals surface area contributed by atoms with E-state index >= 15 is 0 Å². The third-order valence-electron chi connectivity index (χ3n) is 5.82. The van der Waals surface area contributed by atoms with Crippen LogP contribution in [0.5, 0.6) is 0 Å². The zero-order valence-corrected chi connectivity index (χ0v) is 19.5. The van der Waals surface area contributed by atoms with E-state index in [0.717, 1.165) is 32.1 Å². The molecule has 0 spiro atoms. The molecule has 0 radical (unpaired) electrons. The van der Waals surface area contributed by atoms with Gasteiger partial charge >= 0.3 is 192 Å². The molecule has 0 unspecified atom stereocenters. The molecule has 0 atom stereocenters. The monoisotopic (exact) mass is 445 g/mol. The molecular weight excluding hydrogens is 413 g/mol. The molecular formula is C27H32N3OP. The maximum atomic E-state index is 11.3. The van der Waals surface area contributed by atoms with E-state index in [1.165, 1.54) is 15.9 Å². The first kappa shape index (κ1) is 23.7. The Balaban J connectivity index is 1.69. The van der Waals surface area contributed by atoms with Crippen molar-refractivity contribution in [3.8, 4) is 6.07 Å². The molecule has 0 saturated carbocycles. The Morgan fingerprint density at radius 3 is 1.69 bits per heavy atom. The Morgan fingerprint density at radius 1 is 0.719 bits per heavy atom. The van der Waals surface area contributed by atoms with Gasteiger partial charge in [-0.25, -0.2) is 0 Å². The summed E-state index contributed by atoms with van der Waals surface area (Å²) < 4.78 is 0. The molecule has 3 aromatic rings. The van der Waals surface area contributed by atoms with E-state index in [9.17, 15) is 4.79 Å². The van der Waals surface area contributed by atoms with Crippen LogP contribution >= 0.6 is 7.26 Å². The van der Waals surface area contributed by atoms with Crippen LogP contribution < -0.4 is 26.5 Å². The van der Waals surface area contributed by atoms with Crippen molar-refractivity contribution in [1.82, 2.24) is 10.6 Å². The van der Waals surface area contributed by atoms with E-state index in [-0.39, 0.29) is 12.3 Å². The summed E-state index contributed by atoms with van der Waals surface area (Å²) in [5, 5.41) is 19.0. The van der Waals surface area contributed by atoms with Gasteiger partial charge in [0.25, 0.3) is 0 Å². The van der Waals surface area contributed by atoms with Gasteiger partial charge in [0, 0.05) is 0 Å². The SMILES string of the molecule is N#CCC(=O)NCCNCCCC[PH](c1ccccc1)(c1ccccc1)c1ccccc1. The molecule has 3 aromatic carbocycles. The second kappa shape index (κ2) is 12.8. The fourth-order valence-corrected chi connectivity index (χ4v) is 9.22. The summed E-state index contributed by atoms with van der Waals surface area (Å²) in [4.78, 5) is 11.3. The fourth-order valence-electron chi connectivity index (χ4n) is 4.29. The van der Waals surface area contributed by atoms with E-state index in [1.54, 1.807) is 0 Å². The van der Waals surface area contributed by atoms with Gasteiger partial charge in [0.05, 0.1) is 0 Å². The zero-order valence-electron chi connectivity index (χ0n) is 18.5. The minimum absolute atomic E-state index is 0.0782. The number of carbonyl (C=O) groups excluding carboxylic acids is 1. The fraction of sp³-hybridized carbons (Fsp3) is 0.259. The van der Waals surface area contributed by atoms with Crippen LogP contribution in [0, 0.1) is 11.3 Å². The van der Waals surface area contributed by atoms with Gasteiger partial charge in [-0.2, -0.15) is 0 Å². The molecule has 4 nitrogen and oxygen atoms in total. The van der Waals surface area contributed by atoms with Crippen molar-refractivity contribution in [1.29, 1.82) is 5.26 Å². The molecule has 0 aliphatic heterocycles. The Kier molecular flexibility index (Phi) is 9.44. The molecule has 0 heterocycles. The van der Waals surface area contributed by atoms with Crippen LogP contribution in [0.3, 0.4) is 0 Å². The summed E-state index contributed by atoms with van der Waals surface area (Å²) in [6.07, 6.45) is 3.27. The van der Waals surface area contributed by atoms with E-state index < -0.39 is 7.26 Å². The van der Waals surface area contributed by atoms with Gasteiger partial charge in [0.2, 0.25) is 0 Å². The van der Waals surface area contributed by atoms with Crippen LogP contribution in [0.1, 0.15) is 19.3 Å². The number of nitriles is 1. The molecule has 0 saturated heterocycles. The molecule has 1 amide bonds. The number of hydrogen-bond acceptors (Lipinski definition) is 3. The molecule has 0 aliphatic carbocycles. The minimum atomic E-state index is -2.14. The van der Waals surface area contributed by atoms with E-state index in [2.05, 4.69) is 102 Å². The molecule has 0 fully saturated rings. The molecule has 5 heteroatoms. The summed E-state index contributed by atoms with van der Waals surface area (Å²) in [6.45, 7) is 2.18. The van der Waals surface area contributed by atoms with Crippen molar-refractivity contribution in [2.24, 2.45) is 0 Å². The first-order valence-electron chi connectivity index (χ1n) is 11.3. The van der Waals surface area contributed by atoms with E-state index in [1.807, 2.05) is 6.07 Å². The first-order chi connectivity index (χ1) is 15.8. The topological polar surface area (TPSA) is 64.9 Å². The van der Waals surface area contributed by atoms with Crippen molar-refractivity contribution < 1.29 is 4.79 Å². The van der Waals surface area contributed by atoms with Crippen molar-refractivity contribution in [3.63, 3.8) is 0 Å². The Hall–Kier alpha value is -2.99. The quantitative estimate of drug-likeness (QED) is 0.333. The predicted octanol–water partition coefficient (Wildman–Crippen LogP) is 3.11. The van der Waals surface area contributed by atoms with Crippen molar-refractivity contribution in [3.05, 3.63) is 91.0 Å². The van der Waals surface area contributed by atoms with Gasteiger partial charge < -0.3 is 0 Å². The number of amides is 1. The van der Waals surface area contributed by atoms with Crippen LogP contribution in [0.4, 0.5) is 0 Å². The van der Waals surface area contributed by atoms with Crippen LogP contribution in [-0.4, -0.2) is 31.7 Å². The number of nitrogens with one attached hydrogen (secondary N) is 2. The van der Waals surface area contributed by atoms with Gasteiger partial charge in [-0.05, 0) is 0 Å². The van der Waals surface area contributed by atoms with Crippen LogP contribution in [0.15, 0.2) is 91.0 Å². The molecule has 166 valence electrons. The average molecular weight is 446 g/mol. The number of carbonyl (C=O) groups is 1. The average Bonchev–Trinajstić information content (AvgIpc) is 2.85. The Morgan fingerprint density at radius 2 is 1.22 bits per heavy atom. The molecule has 3 rings (SSSR count). The number of rotatable bonds is 12. The Labute approximate surface area is 192 Å². The first-order valence-corrected chi connectivity index (χ1v) is 13.5. The van der Waals surface area contributed by atoms with Gasteiger partial charge in [-0.15, -0.1) is 0 Å². The third-order valence-corrected chi connectivity index (χ3v) is 10.9. The molecule has 0 aromatic heterocycles. The summed E-state index contributed by atoms with van der Waals surface area (Å²) in [6, 6.07) is 34.9. The van der Waals surface area contributed by atoms with Crippen molar-refractivity contribution >= 4 is 29.1 Å². The molecule has 2 N–H and O–H groups in total. The second-order valence-corrected chi connectivity index (χ2v) is 11.9. The normalized spacial score (nSPS) is 11.5. The van der Waals surface area contributed by atoms with Gasteiger partial charge in [-0.1, -0.05) is 0 Å². The van der Waals surface area contributed by atoms with Crippen LogP contribution in [-0.2, 0) is 4.79 Å². The number of benzene rings is 3. The van der Waals surface area contributed by atoms with Gasteiger partial charge in [0.15, 0.2) is 0 Å². The third kappa shape index (κ3) is 6.26. The number of hydrogen-bond donors (Lipinski definition) is 2. The van der Waals surface area contributed by atoms with Gasteiger partial charge in [0.1, 0.15) is 0 Å². The second-order valence-electron chi connectivity index (χ2n) is 7.90.